The molecule has 0 aromatic heterocycles. The lowest BCUT2D eigenvalue weighted by molar-refractivity contribution is -0.151. The van der Waals surface area contributed by atoms with Gasteiger partial charge in [0.1, 0.15) is 0 Å². The highest BCUT2D eigenvalue weighted by molar-refractivity contribution is 6.74. The summed E-state index contributed by atoms with van der Waals surface area (Å²) in [6.07, 6.45) is 1.01. The molecule has 120 valence electrons. The fourth-order valence-electron chi connectivity index (χ4n) is 1.91. The molecule has 0 aliphatic rings. The Kier molecular flexibility index (Phi) is 8.60. The van der Waals surface area contributed by atoms with Crippen molar-refractivity contribution in [2.45, 2.75) is 52.2 Å². The molecule has 0 unspecified atom stereocenters. The monoisotopic (exact) mass is 316 g/mol. The maximum Gasteiger partial charge on any atom is 0.334 e. The third kappa shape index (κ3) is 6.57. The highest BCUT2D eigenvalue weighted by atomic mass is 28.4. The fourth-order valence-corrected chi connectivity index (χ4v) is 4.38. The van der Waals surface area contributed by atoms with Crippen LogP contribution in [0.1, 0.15) is 34.1 Å². The Morgan fingerprint density at radius 1 is 1.05 bits per heavy atom. The average molecular weight is 316 g/mol. The molecule has 0 rings (SSSR count). The Hall–Kier alpha value is -1.63. The van der Waals surface area contributed by atoms with Gasteiger partial charge in [0.15, 0.2) is 6.61 Å². The molecule has 7 heteroatoms. The topological polar surface area (TPSA) is 89.9 Å². The number of carbonyl (C=O) groups excluding carboxylic acids is 2. The summed E-state index contributed by atoms with van der Waals surface area (Å²) in [4.78, 5) is 34.0. The van der Waals surface area contributed by atoms with Crippen LogP contribution < -0.4 is 0 Å². The van der Waals surface area contributed by atoms with Gasteiger partial charge in [-0.3, -0.25) is 0 Å². The molecule has 0 amide bonds. The third-order valence-corrected chi connectivity index (χ3v) is 8.05. The van der Waals surface area contributed by atoms with Crippen LogP contribution >= 0.6 is 0 Å². The van der Waals surface area contributed by atoms with E-state index in [9.17, 15) is 14.4 Å². The van der Waals surface area contributed by atoms with E-state index < -0.39 is 32.8 Å². The second kappa shape index (κ2) is 9.33. The quantitative estimate of drug-likeness (QED) is 0.399. The van der Waals surface area contributed by atoms with Crippen molar-refractivity contribution < 1.29 is 28.7 Å². The number of aliphatic carboxylic acids is 1. The van der Waals surface area contributed by atoms with E-state index in [1.54, 1.807) is 6.92 Å². The predicted molar refractivity (Wildman–Crippen MR) is 80.3 cm³/mol. The van der Waals surface area contributed by atoms with Crippen molar-refractivity contribution in [2.24, 2.45) is 0 Å². The van der Waals surface area contributed by atoms with Crippen LogP contribution in [0, 0.1) is 0 Å². The molecule has 0 aliphatic carbocycles. The van der Waals surface area contributed by atoms with Gasteiger partial charge in [0.05, 0.1) is 0 Å². The van der Waals surface area contributed by atoms with Crippen molar-refractivity contribution >= 4 is 26.2 Å². The molecule has 21 heavy (non-hydrogen) atoms. The molecule has 0 spiro atoms. The van der Waals surface area contributed by atoms with Crippen molar-refractivity contribution in [1.82, 2.24) is 0 Å². The smallest absolute Gasteiger partial charge is 0.334 e. The van der Waals surface area contributed by atoms with E-state index in [0.717, 1.165) is 24.2 Å². The van der Waals surface area contributed by atoms with Crippen LogP contribution in [0.5, 0.6) is 0 Å². The minimum absolute atomic E-state index is 0.0142. The van der Waals surface area contributed by atoms with Crippen molar-refractivity contribution in [1.29, 1.82) is 0 Å². The van der Waals surface area contributed by atoms with Gasteiger partial charge in [-0.25, -0.2) is 14.4 Å². The summed E-state index contributed by atoms with van der Waals surface area (Å²) < 4.78 is 10.3. The standard InChI is InChI=1S/C14H24O6Si/c1-5-11(9-12(15)16)14(18)19-10-13(17)20-21(6-2,7-3)8-4/h9H,5-8,10H2,1-4H3,(H,15,16)/b11-9+. The Bertz CT molecular complexity index is 403. The predicted octanol–water partition coefficient (Wildman–Crippen LogP) is 2.50. The number of ether oxygens (including phenoxy) is 1. The van der Waals surface area contributed by atoms with Crippen LogP contribution in [0.4, 0.5) is 0 Å². The zero-order valence-corrected chi connectivity index (χ0v) is 14.1. The number of carboxylic acid groups (broad SMARTS) is 1. The Morgan fingerprint density at radius 3 is 1.95 bits per heavy atom. The van der Waals surface area contributed by atoms with Crippen molar-refractivity contribution in [2.75, 3.05) is 6.61 Å². The summed E-state index contributed by atoms with van der Waals surface area (Å²) in [5.41, 5.74) is 0.0142. The van der Waals surface area contributed by atoms with Gasteiger partial charge in [-0.05, 0) is 24.6 Å². The summed E-state index contributed by atoms with van der Waals surface area (Å²) in [5.74, 6) is -2.58. The van der Waals surface area contributed by atoms with Crippen molar-refractivity contribution in [3.63, 3.8) is 0 Å². The molecule has 0 atom stereocenters. The molecule has 0 bridgehead atoms. The Labute approximate surface area is 126 Å². The molecular formula is C14H24O6Si. The molecule has 0 aromatic rings. The summed E-state index contributed by atoms with van der Waals surface area (Å²) in [5, 5.41) is 8.62. The zero-order valence-electron chi connectivity index (χ0n) is 13.1. The summed E-state index contributed by atoms with van der Waals surface area (Å²) in [7, 11) is -2.06. The number of hydrogen-bond donors (Lipinski definition) is 1. The van der Waals surface area contributed by atoms with Gasteiger partial charge < -0.3 is 14.3 Å². The SMILES string of the molecule is CC/C(=C\C(=O)O)C(=O)OCC(=O)O[Si](CC)(CC)CC. The summed E-state index contributed by atoms with van der Waals surface area (Å²) in [6.45, 7) is 7.12. The number of rotatable bonds is 9. The van der Waals surface area contributed by atoms with Gasteiger partial charge >= 0.3 is 17.9 Å². The minimum atomic E-state index is -2.06. The second-order valence-corrected chi connectivity index (χ2v) is 9.35. The first kappa shape index (κ1) is 19.4. The highest BCUT2D eigenvalue weighted by Gasteiger charge is 2.33. The van der Waals surface area contributed by atoms with E-state index in [0.29, 0.717) is 0 Å². The normalized spacial score (nSPS) is 11.9. The maximum atomic E-state index is 11.8. The van der Waals surface area contributed by atoms with Crippen molar-refractivity contribution in [3.8, 4) is 0 Å². The molecule has 0 aromatic carbocycles. The first-order valence-corrected chi connectivity index (χ1v) is 9.69. The van der Waals surface area contributed by atoms with Crippen LogP contribution in [-0.4, -0.2) is 37.9 Å². The first-order chi connectivity index (χ1) is 9.83. The average Bonchev–Trinajstić information content (AvgIpc) is 2.47. The lowest BCUT2D eigenvalue weighted by Crippen LogP contribution is -2.39. The molecule has 0 saturated carbocycles. The van der Waals surface area contributed by atoms with E-state index in [2.05, 4.69) is 0 Å². The summed E-state index contributed by atoms with van der Waals surface area (Å²) in [6, 6.07) is 2.45. The molecule has 0 heterocycles. The molecule has 0 fully saturated rings. The van der Waals surface area contributed by atoms with Gasteiger partial charge in [0.25, 0.3) is 8.32 Å². The van der Waals surface area contributed by atoms with E-state index in [1.165, 1.54) is 0 Å². The molecule has 1 N–H and O–H groups in total. The number of hydrogen-bond acceptors (Lipinski definition) is 5. The lowest BCUT2D eigenvalue weighted by Gasteiger charge is -2.27. The van der Waals surface area contributed by atoms with Crippen molar-refractivity contribution in [3.05, 3.63) is 11.6 Å². The third-order valence-electron chi connectivity index (χ3n) is 3.53. The van der Waals surface area contributed by atoms with E-state index in [-0.39, 0.29) is 12.0 Å². The zero-order chi connectivity index (χ0) is 16.5. The van der Waals surface area contributed by atoms with Gasteiger partial charge in [-0.2, -0.15) is 0 Å². The van der Waals surface area contributed by atoms with Gasteiger partial charge in [-0.1, -0.05) is 27.7 Å². The highest BCUT2D eigenvalue weighted by Crippen LogP contribution is 2.21. The van der Waals surface area contributed by atoms with Gasteiger partial charge in [-0.15, -0.1) is 0 Å². The molecule has 6 nitrogen and oxygen atoms in total. The second-order valence-electron chi connectivity index (χ2n) is 4.66. The van der Waals surface area contributed by atoms with E-state index in [4.69, 9.17) is 14.3 Å². The summed E-state index contributed by atoms with van der Waals surface area (Å²) >= 11 is 0. The lowest BCUT2D eigenvalue weighted by atomic mass is 10.2. The van der Waals surface area contributed by atoms with Crippen LogP contribution in [0.3, 0.4) is 0 Å². The molecular weight excluding hydrogens is 292 g/mol. The number of carbonyl (C=O) groups is 3. The maximum absolute atomic E-state index is 11.8. The molecule has 0 aliphatic heterocycles. The van der Waals surface area contributed by atoms with Crippen LogP contribution in [0.25, 0.3) is 0 Å². The van der Waals surface area contributed by atoms with E-state index >= 15 is 0 Å². The largest absolute Gasteiger partial charge is 0.517 e. The first-order valence-electron chi connectivity index (χ1n) is 7.16. The Balaban J connectivity index is 4.55. The minimum Gasteiger partial charge on any atom is -0.517 e. The number of carboxylic acids is 1. The van der Waals surface area contributed by atoms with Crippen LogP contribution in [0.15, 0.2) is 11.6 Å². The van der Waals surface area contributed by atoms with Crippen LogP contribution in [0.2, 0.25) is 18.1 Å². The fraction of sp³-hybridized carbons (Fsp3) is 0.643. The number of esters is 1. The van der Waals surface area contributed by atoms with Gasteiger partial charge in [0.2, 0.25) is 0 Å². The van der Waals surface area contributed by atoms with Gasteiger partial charge in [0, 0.05) is 11.6 Å². The van der Waals surface area contributed by atoms with E-state index in [1.807, 2.05) is 20.8 Å². The Morgan fingerprint density at radius 2 is 1.57 bits per heavy atom. The molecule has 0 saturated heterocycles. The molecule has 0 radical (unpaired) electrons. The van der Waals surface area contributed by atoms with Crippen LogP contribution in [-0.2, 0) is 23.5 Å².